The third-order valence-corrected chi connectivity index (χ3v) is 13.0. The number of para-hydroxylation sites is 1. The van der Waals surface area contributed by atoms with Gasteiger partial charge >= 0.3 is 0 Å². The van der Waals surface area contributed by atoms with Gasteiger partial charge in [-0.1, -0.05) is 182 Å². The Hall–Kier alpha value is -8.21. The van der Waals surface area contributed by atoms with E-state index >= 15 is 0 Å². The van der Waals surface area contributed by atoms with Crippen molar-refractivity contribution in [1.82, 2.24) is 15.0 Å². The van der Waals surface area contributed by atoms with E-state index in [9.17, 15) is 0 Å². The first-order chi connectivity index (χ1) is 30.7. The van der Waals surface area contributed by atoms with Crippen molar-refractivity contribution in [2.75, 3.05) is 0 Å². The van der Waals surface area contributed by atoms with Gasteiger partial charge in [0.25, 0.3) is 0 Å². The Morgan fingerprint density at radius 1 is 0.274 bits per heavy atom. The van der Waals surface area contributed by atoms with Gasteiger partial charge in [-0.3, -0.25) is 0 Å². The second-order valence-electron chi connectivity index (χ2n) is 16.3. The van der Waals surface area contributed by atoms with Crippen LogP contribution in [0.15, 0.2) is 217 Å². The topological polar surface area (TPSA) is 51.8 Å². The minimum Gasteiger partial charge on any atom is -0.456 e. The molecule has 0 saturated heterocycles. The van der Waals surface area contributed by atoms with Crippen molar-refractivity contribution in [3.8, 4) is 78.7 Å². The SMILES string of the molecule is c1ccc(-c2nc(-c3cccc(-c4ccc5c(c4)C4(c6ccccc6-c6ccccc64)c4ccccc4-5)c3)nc(-c3ccccc3-c3ccc4c(c3)oc3ccccc34)n2)cc1. The lowest BCUT2D eigenvalue weighted by Crippen LogP contribution is -2.25. The molecule has 2 aliphatic carbocycles. The molecular formula is C58H35N3O. The monoisotopic (exact) mass is 789 g/mol. The molecule has 4 nitrogen and oxygen atoms in total. The van der Waals surface area contributed by atoms with Gasteiger partial charge in [0, 0.05) is 27.5 Å². The highest BCUT2D eigenvalue weighted by molar-refractivity contribution is 6.06. The van der Waals surface area contributed by atoms with E-state index in [1.807, 2.05) is 42.5 Å². The molecule has 0 unspecified atom stereocenters. The lowest BCUT2D eigenvalue weighted by atomic mass is 9.70. The molecule has 9 aromatic carbocycles. The Labute approximate surface area is 358 Å². The molecule has 2 aliphatic rings. The summed E-state index contributed by atoms with van der Waals surface area (Å²) in [7, 11) is 0. The van der Waals surface area contributed by atoms with Crippen molar-refractivity contribution in [2.24, 2.45) is 0 Å². The maximum atomic E-state index is 6.32. The predicted molar refractivity (Wildman–Crippen MR) is 251 cm³/mol. The smallest absolute Gasteiger partial charge is 0.164 e. The number of hydrogen-bond acceptors (Lipinski definition) is 4. The zero-order valence-corrected chi connectivity index (χ0v) is 33.5. The van der Waals surface area contributed by atoms with Crippen molar-refractivity contribution in [1.29, 1.82) is 0 Å². The molecule has 62 heavy (non-hydrogen) atoms. The van der Waals surface area contributed by atoms with Gasteiger partial charge in [0.2, 0.25) is 0 Å². The fourth-order valence-electron chi connectivity index (χ4n) is 10.3. The zero-order valence-electron chi connectivity index (χ0n) is 33.5. The van der Waals surface area contributed by atoms with Gasteiger partial charge in [-0.05, 0) is 97.1 Å². The van der Waals surface area contributed by atoms with Gasteiger partial charge in [-0.2, -0.15) is 0 Å². The van der Waals surface area contributed by atoms with E-state index in [1.54, 1.807) is 0 Å². The number of fused-ring (bicyclic) bond motifs is 13. The molecule has 13 rings (SSSR count). The first-order valence-electron chi connectivity index (χ1n) is 21.1. The van der Waals surface area contributed by atoms with Crippen LogP contribution >= 0.6 is 0 Å². The second kappa shape index (κ2) is 13.4. The number of rotatable bonds is 5. The van der Waals surface area contributed by atoms with Gasteiger partial charge in [0.05, 0.1) is 5.41 Å². The molecular weight excluding hydrogens is 755 g/mol. The van der Waals surface area contributed by atoms with Crippen LogP contribution in [-0.2, 0) is 5.41 Å². The maximum Gasteiger partial charge on any atom is 0.164 e. The third kappa shape index (κ3) is 5.04. The number of hydrogen-bond donors (Lipinski definition) is 0. The zero-order chi connectivity index (χ0) is 40.8. The Morgan fingerprint density at radius 2 is 0.774 bits per heavy atom. The van der Waals surface area contributed by atoms with E-state index in [0.717, 1.165) is 60.9 Å². The third-order valence-electron chi connectivity index (χ3n) is 13.0. The summed E-state index contributed by atoms with van der Waals surface area (Å²) in [6.07, 6.45) is 0. The van der Waals surface area contributed by atoms with Crippen molar-refractivity contribution in [3.05, 3.63) is 235 Å². The van der Waals surface area contributed by atoms with Crippen LogP contribution in [0.4, 0.5) is 0 Å². The molecule has 288 valence electrons. The number of furan rings is 1. The lowest BCUT2D eigenvalue weighted by molar-refractivity contribution is 0.669. The van der Waals surface area contributed by atoms with Crippen molar-refractivity contribution < 1.29 is 4.42 Å². The summed E-state index contributed by atoms with van der Waals surface area (Å²) in [6, 6.07) is 75.6. The molecule has 0 atom stereocenters. The fraction of sp³-hybridized carbons (Fsp3) is 0.0172. The minimum atomic E-state index is -0.414. The molecule has 0 fully saturated rings. The van der Waals surface area contributed by atoms with Crippen molar-refractivity contribution in [2.45, 2.75) is 5.41 Å². The molecule has 4 heteroatoms. The van der Waals surface area contributed by atoms with Gasteiger partial charge in [-0.15, -0.1) is 0 Å². The Morgan fingerprint density at radius 3 is 1.50 bits per heavy atom. The first kappa shape index (κ1) is 34.6. The normalized spacial score (nSPS) is 13.0. The maximum absolute atomic E-state index is 6.32. The molecule has 0 saturated carbocycles. The Bertz CT molecular complexity index is 3540. The second-order valence-corrected chi connectivity index (χ2v) is 16.3. The first-order valence-corrected chi connectivity index (χ1v) is 21.1. The molecule has 11 aromatic rings. The van der Waals surface area contributed by atoms with Crippen LogP contribution in [-0.4, -0.2) is 15.0 Å². The van der Waals surface area contributed by atoms with Gasteiger partial charge in [-0.25, -0.2) is 15.0 Å². The molecule has 0 bridgehead atoms. The van der Waals surface area contributed by atoms with Crippen LogP contribution in [0.1, 0.15) is 22.3 Å². The van der Waals surface area contributed by atoms with Crippen molar-refractivity contribution in [3.63, 3.8) is 0 Å². The van der Waals surface area contributed by atoms with E-state index < -0.39 is 5.41 Å². The summed E-state index contributed by atoms with van der Waals surface area (Å²) in [6.45, 7) is 0. The molecule has 0 amide bonds. The number of benzene rings is 9. The lowest BCUT2D eigenvalue weighted by Gasteiger charge is -2.30. The fourth-order valence-corrected chi connectivity index (χ4v) is 10.3. The summed E-state index contributed by atoms with van der Waals surface area (Å²) in [4.78, 5) is 15.6. The quantitative estimate of drug-likeness (QED) is 0.174. The van der Waals surface area contributed by atoms with Crippen LogP contribution in [0, 0.1) is 0 Å². The van der Waals surface area contributed by atoms with Crippen LogP contribution in [0.25, 0.3) is 101 Å². The highest BCUT2D eigenvalue weighted by Gasteiger charge is 2.51. The summed E-state index contributed by atoms with van der Waals surface area (Å²) in [5.41, 5.74) is 18.8. The summed E-state index contributed by atoms with van der Waals surface area (Å²) in [5, 5.41) is 2.20. The van der Waals surface area contributed by atoms with Gasteiger partial charge in [0.15, 0.2) is 17.5 Å². The molecule has 0 aliphatic heterocycles. The number of nitrogens with zero attached hydrogens (tertiary/aromatic N) is 3. The van der Waals surface area contributed by atoms with Crippen LogP contribution in [0.2, 0.25) is 0 Å². The van der Waals surface area contributed by atoms with E-state index in [0.29, 0.717) is 17.5 Å². The van der Waals surface area contributed by atoms with E-state index in [2.05, 4.69) is 170 Å². The molecule has 0 N–H and O–H groups in total. The summed E-state index contributed by atoms with van der Waals surface area (Å²) < 4.78 is 6.32. The van der Waals surface area contributed by atoms with Crippen molar-refractivity contribution >= 4 is 21.9 Å². The average Bonchev–Trinajstić information content (AvgIpc) is 3.98. The predicted octanol–water partition coefficient (Wildman–Crippen LogP) is 14.4. The summed E-state index contributed by atoms with van der Waals surface area (Å²) >= 11 is 0. The average molecular weight is 790 g/mol. The summed E-state index contributed by atoms with van der Waals surface area (Å²) in [5.74, 6) is 1.84. The van der Waals surface area contributed by atoms with Gasteiger partial charge < -0.3 is 4.42 Å². The van der Waals surface area contributed by atoms with E-state index in [-0.39, 0.29) is 0 Å². The highest BCUT2D eigenvalue weighted by Crippen LogP contribution is 2.63. The molecule has 2 aromatic heterocycles. The van der Waals surface area contributed by atoms with E-state index in [4.69, 9.17) is 19.4 Å². The molecule has 0 radical (unpaired) electrons. The van der Waals surface area contributed by atoms with Crippen LogP contribution < -0.4 is 0 Å². The Kier molecular flexibility index (Phi) is 7.49. The standard InChI is InChI=1S/C58H35N3O/c1-2-15-36(16-3-1)55-59-56(61-57(60-55)48-24-5-4-19-41(48)39-30-32-47-46-23-9-13-28-53(46)62-54(47)35-39)40-18-14-17-37(33-40)38-29-31-45-44-22-8-12-27-51(44)58(52(45)34-38)49-25-10-6-20-42(49)43-21-7-11-26-50(43)58/h1-35H. The Balaban J connectivity index is 0.960. The molecule has 1 spiro atoms. The molecule has 2 heterocycles. The van der Waals surface area contributed by atoms with E-state index in [1.165, 1.54) is 44.5 Å². The minimum absolute atomic E-state index is 0.414. The van der Waals surface area contributed by atoms with Crippen LogP contribution in [0.3, 0.4) is 0 Å². The van der Waals surface area contributed by atoms with Crippen LogP contribution in [0.5, 0.6) is 0 Å². The largest absolute Gasteiger partial charge is 0.456 e. The number of aromatic nitrogens is 3. The van der Waals surface area contributed by atoms with Gasteiger partial charge in [0.1, 0.15) is 11.2 Å². The highest BCUT2D eigenvalue weighted by atomic mass is 16.3.